The Morgan fingerprint density at radius 3 is 2.63 bits per heavy atom. The Morgan fingerprint density at radius 1 is 1.37 bits per heavy atom. The van der Waals surface area contributed by atoms with Gasteiger partial charge in [0, 0.05) is 24.1 Å². The highest BCUT2D eigenvalue weighted by molar-refractivity contribution is 5.95. The molecule has 2 heterocycles. The lowest BCUT2D eigenvalue weighted by Crippen LogP contribution is -2.29. The Hall–Kier alpha value is -2.58. The molecule has 0 aliphatic rings. The first-order valence-corrected chi connectivity index (χ1v) is 4.87. The molecule has 6 nitrogen and oxygen atoms in total. The fraction of sp³-hybridized carbons (Fsp3) is 0.100. The van der Waals surface area contributed by atoms with Crippen molar-refractivity contribution in [3.05, 3.63) is 30.2 Å². The van der Waals surface area contributed by atoms with Crippen molar-refractivity contribution >= 4 is 23.2 Å². The maximum absolute atomic E-state index is 12.0. The molecule has 100 valence electrons. The number of imidazole rings is 1. The van der Waals surface area contributed by atoms with E-state index in [4.69, 9.17) is 5.11 Å². The van der Waals surface area contributed by atoms with Gasteiger partial charge in [-0.1, -0.05) is 0 Å². The average Bonchev–Trinajstić information content (AvgIpc) is 2.70. The minimum Gasteiger partial charge on any atom is -0.476 e. The molecule has 19 heavy (non-hydrogen) atoms. The standard InChI is InChI=1S/C10H6F3N3O3/c11-10(12,13)9(19)14-5-1-2-16-4-6(8(17)18)15-7(16)3-5/h1-4H,(H,14,19)(H,17,18). The van der Waals surface area contributed by atoms with Crippen LogP contribution in [0, 0.1) is 0 Å². The van der Waals surface area contributed by atoms with Crippen LogP contribution >= 0.6 is 0 Å². The summed E-state index contributed by atoms with van der Waals surface area (Å²) in [6.45, 7) is 0. The van der Waals surface area contributed by atoms with E-state index in [0.717, 1.165) is 6.07 Å². The van der Waals surface area contributed by atoms with Crippen molar-refractivity contribution in [3.63, 3.8) is 0 Å². The number of fused-ring (bicyclic) bond motifs is 1. The van der Waals surface area contributed by atoms with Crippen LogP contribution in [-0.4, -0.2) is 32.5 Å². The molecule has 2 aromatic rings. The normalized spacial score (nSPS) is 11.5. The molecule has 0 aliphatic carbocycles. The molecule has 0 bridgehead atoms. The SMILES string of the molecule is O=C(O)c1cn2ccc(NC(=O)C(F)(F)F)cc2n1. The molecule has 0 saturated heterocycles. The van der Waals surface area contributed by atoms with Gasteiger partial charge in [-0.3, -0.25) is 4.79 Å². The molecule has 2 aromatic heterocycles. The van der Waals surface area contributed by atoms with E-state index >= 15 is 0 Å². The van der Waals surface area contributed by atoms with Gasteiger partial charge in [0.1, 0.15) is 5.65 Å². The van der Waals surface area contributed by atoms with Gasteiger partial charge >= 0.3 is 18.1 Å². The van der Waals surface area contributed by atoms with Crippen LogP contribution in [0.2, 0.25) is 0 Å². The van der Waals surface area contributed by atoms with E-state index in [1.54, 1.807) is 5.32 Å². The molecule has 9 heteroatoms. The number of rotatable bonds is 2. The summed E-state index contributed by atoms with van der Waals surface area (Å²) < 4.78 is 37.5. The molecule has 1 amide bonds. The van der Waals surface area contributed by atoms with Crippen molar-refractivity contribution in [3.8, 4) is 0 Å². The largest absolute Gasteiger partial charge is 0.476 e. The monoisotopic (exact) mass is 273 g/mol. The summed E-state index contributed by atoms with van der Waals surface area (Å²) in [5.74, 6) is -3.37. The molecule has 0 unspecified atom stereocenters. The highest BCUT2D eigenvalue weighted by Crippen LogP contribution is 2.19. The average molecular weight is 273 g/mol. The van der Waals surface area contributed by atoms with Gasteiger partial charge in [0.2, 0.25) is 0 Å². The van der Waals surface area contributed by atoms with Gasteiger partial charge in [-0.2, -0.15) is 13.2 Å². The van der Waals surface area contributed by atoms with E-state index in [2.05, 4.69) is 4.98 Å². The first-order valence-electron chi connectivity index (χ1n) is 4.87. The van der Waals surface area contributed by atoms with Gasteiger partial charge in [0.15, 0.2) is 5.69 Å². The number of hydrogen-bond acceptors (Lipinski definition) is 3. The third kappa shape index (κ3) is 2.64. The molecule has 2 rings (SSSR count). The predicted molar refractivity (Wildman–Crippen MR) is 56.8 cm³/mol. The van der Waals surface area contributed by atoms with Crippen LogP contribution in [-0.2, 0) is 4.79 Å². The zero-order chi connectivity index (χ0) is 14.2. The molecule has 0 saturated carbocycles. The zero-order valence-electron chi connectivity index (χ0n) is 9.10. The van der Waals surface area contributed by atoms with Gasteiger partial charge in [0.25, 0.3) is 0 Å². The van der Waals surface area contributed by atoms with E-state index < -0.39 is 18.1 Å². The lowest BCUT2D eigenvalue weighted by atomic mass is 10.4. The number of alkyl halides is 3. The Labute approximate surface area is 103 Å². The number of nitrogens with one attached hydrogen (secondary N) is 1. The summed E-state index contributed by atoms with van der Waals surface area (Å²) in [5.41, 5.74) is -0.269. The Balaban J connectivity index is 2.31. The molecule has 2 N–H and O–H groups in total. The summed E-state index contributed by atoms with van der Waals surface area (Å²) in [7, 11) is 0. The maximum atomic E-state index is 12.0. The number of aromatic carboxylic acids is 1. The number of pyridine rings is 1. The smallest absolute Gasteiger partial charge is 0.471 e. The van der Waals surface area contributed by atoms with Crippen LogP contribution in [0.1, 0.15) is 10.5 Å². The fourth-order valence-electron chi connectivity index (χ4n) is 1.36. The summed E-state index contributed by atoms with van der Waals surface area (Å²) in [5, 5.41) is 10.4. The Morgan fingerprint density at radius 2 is 2.05 bits per heavy atom. The first kappa shape index (κ1) is 12.9. The van der Waals surface area contributed by atoms with E-state index in [-0.39, 0.29) is 17.0 Å². The fourth-order valence-corrected chi connectivity index (χ4v) is 1.36. The molecule has 0 spiro atoms. The van der Waals surface area contributed by atoms with E-state index in [0.29, 0.717) is 0 Å². The van der Waals surface area contributed by atoms with Crippen molar-refractivity contribution < 1.29 is 27.9 Å². The number of hydrogen-bond donors (Lipinski definition) is 2. The Bertz CT molecular complexity index is 663. The highest BCUT2D eigenvalue weighted by atomic mass is 19.4. The van der Waals surface area contributed by atoms with Crippen molar-refractivity contribution in [1.29, 1.82) is 0 Å². The number of carboxylic acids is 1. The second-order valence-electron chi connectivity index (χ2n) is 3.56. The van der Waals surface area contributed by atoms with Crippen molar-refractivity contribution in [1.82, 2.24) is 9.38 Å². The molecule has 0 aliphatic heterocycles. The maximum Gasteiger partial charge on any atom is 0.471 e. The number of carboxylic acid groups (broad SMARTS) is 1. The molecule has 0 atom stereocenters. The number of halogens is 3. The molecule has 0 radical (unpaired) electrons. The van der Waals surface area contributed by atoms with Crippen LogP contribution in [0.15, 0.2) is 24.5 Å². The third-order valence-corrected chi connectivity index (χ3v) is 2.19. The number of anilines is 1. The van der Waals surface area contributed by atoms with E-state index in [1.807, 2.05) is 0 Å². The summed E-state index contributed by atoms with van der Waals surface area (Å²) in [6, 6.07) is 2.33. The van der Waals surface area contributed by atoms with Crippen LogP contribution in [0.3, 0.4) is 0 Å². The first-order chi connectivity index (χ1) is 8.77. The van der Waals surface area contributed by atoms with Crippen LogP contribution in [0.4, 0.5) is 18.9 Å². The molecule has 0 aromatic carbocycles. The second kappa shape index (κ2) is 4.26. The number of carbonyl (C=O) groups excluding carboxylic acids is 1. The Kier molecular flexibility index (Phi) is 2.89. The topological polar surface area (TPSA) is 83.7 Å². The quantitative estimate of drug-likeness (QED) is 0.869. The molecular weight excluding hydrogens is 267 g/mol. The lowest BCUT2D eigenvalue weighted by molar-refractivity contribution is -0.167. The number of aromatic nitrogens is 2. The van der Waals surface area contributed by atoms with Crippen LogP contribution in [0.5, 0.6) is 0 Å². The number of amides is 1. The van der Waals surface area contributed by atoms with Gasteiger partial charge < -0.3 is 14.8 Å². The lowest BCUT2D eigenvalue weighted by Gasteiger charge is -2.07. The van der Waals surface area contributed by atoms with Crippen molar-refractivity contribution in [2.24, 2.45) is 0 Å². The van der Waals surface area contributed by atoms with E-state index in [1.165, 1.54) is 22.9 Å². The van der Waals surface area contributed by atoms with Gasteiger partial charge in [0.05, 0.1) is 0 Å². The zero-order valence-corrected chi connectivity index (χ0v) is 9.10. The third-order valence-electron chi connectivity index (χ3n) is 2.19. The summed E-state index contributed by atoms with van der Waals surface area (Å²) in [4.78, 5) is 25.1. The minimum absolute atomic E-state index is 0.109. The van der Waals surface area contributed by atoms with Gasteiger partial charge in [-0.05, 0) is 6.07 Å². The highest BCUT2D eigenvalue weighted by Gasteiger charge is 2.38. The molecule has 0 fully saturated rings. The minimum atomic E-state index is -4.99. The number of carbonyl (C=O) groups is 2. The summed E-state index contributed by atoms with van der Waals surface area (Å²) >= 11 is 0. The second-order valence-corrected chi connectivity index (χ2v) is 3.56. The number of nitrogens with zero attached hydrogens (tertiary/aromatic N) is 2. The summed E-state index contributed by atoms with van der Waals surface area (Å²) in [6.07, 6.45) is -2.50. The van der Waals surface area contributed by atoms with Crippen LogP contribution in [0.25, 0.3) is 5.65 Å². The van der Waals surface area contributed by atoms with E-state index in [9.17, 15) is 22.8 Å². The predicted octanol–water partition coefficient (Wildman–Crippen LogP) is 1.53. The molecular formula is C10H6F3N3O3. The van der Waals surface area contributed by atoms with Gasteiger partial charge in [-0.25, -0.2) is 9.78 Å². The van der Waals surface area contributed by atoms with Gasteiger partial charge in [-0.15, -0.1) is 0 Å². The van der Waals surface area contributed by atoms with Crippen molar-refractivity contribution in [2.45, 2.75) is 6.18 Å². The van der Waals surface area contributed by atoms with Crippen LogP contribution < -0.4 is 5.32 Å². The van der Waals surface area contributed by atoms with Crippen molar-refractivity contribution in [2.75, 3.05) is 5.32 Å².